The fourth-order valence-electron chi connectivity index (χ4n) is 15.4. The highest BCUT2D eigenvalue weighted by Crippen LogP contribution is 2.48. The van der Waals surface area contributed by atoms with Gasteiger partial charge in [0.1, 0.15) is 54.6 Å². The zero-order valence-electron chi connectivity index (χ0n) is 81.3. The molecule has 0 spiro atoms. The van der Waals surface area contributed by atoms with Gasteiger partial charge in [0.05, 0.1) is 112 Å². The molecule has 5 atom stereocenters. The Morgan fingerprint density at radius 2 is 0.876 bits per heavy atom. The smallest absolute Gasteiger partial charge is 0.341 e. The van der Waals surface area contributed by atoms with E-state index in [4.69, 9.17) is 51.1 Å². The Morgan fingerprint density at radius 1 is 0.462 bits per heavy atom. The molecular weight excluding hydrogens is 2040 g/mol. The number of phenolic OH excluding ortho intramolecular Hbond substituents is 4. The number of methoxy groups -OCH3 is 1. The van der Waals surface area contributed by atoms with Crippen LogP contribution < -0.4 is 47.3 Å². The molecule has 0 aliphatic heterocycles. The number of hydrogen-bond donors (Lipinski definition) is 12. The summed E-state index contributed by atoms with van der Waals surface area (Å²) >= 11 is 24.3. The number of carbonyl (C=O) groups is 9. The number of alkyl halides is 1. The minimum Gasteiger partial charge on any atom is -0.506 e. The zero-order valence-corrected chi connectivity index (χ0v) is 87.6. The minimum absolute atomic E-state index is 0.00168. The van der Waals surface area contributed by atoms with Gasteiger partial charge in [-0.15, -0.1) is 11.6 Å². The minimum atomic E-state index is -4.07. The average molecular weight is 2150 g/mol. The molecule has 7 aromatic carbocycles. The van der Waals surface area contributed by atoms with Crippen molar-refractivity contribution < 1.29 is 107 Å². The molecule has 5 unspecified atom stereocenters. The standard InChI is InChI=1S/C35H42ClN3O6S.C22H26Cl2N2O5S.C22H23N5O7S.C21H21ClN4O5S/c1-23-11-16-28(22-37-23)46(43,44)24(2)33(41)38-30-19-31(40)29(20-32(30)45-27-14-12-26(36)13-15-27)39-34(42)35(17-7-4-8-18-35)21-25-9-5-3-6-10-25;1-5-19(32(30,31)14-9-7-13(3)8-10-14)20(28)25-16-12-18(27)17(11-15(16)23)26-21(29)22(4,24)6-2;1-12-5-6-16(10-23-12)35(32,33)13(2)21(30)26-17-8-20(29)18(25-14(3)28)7-19(17)27-11-15(9-24-27)22(31)34-4;1-12-4-6-16(7-5-12)32(30,31)13(2)21(29)25-17-9-20(28)18(24-14(3)27)8-19(17)26-11-15(22)10-23-26/h11-16,19-20,22,24-25,40H,3-10,17-18,21H2,1-2H3,(H,38,41)(H,39,42);7-12,19,27H,5-6H2,1-4H3,(H,25,28)(H,26,29);5-11,13,29H,1-4H3,(H,25,28)(H,26,30);4-11,13,28H,1-3H3,(H,24,27)(H,25,29). The van der Waals surface area contributed by atoms with Gasteiger partial charge in [0, 0.05) is 90.8 Å². The third kappa shape index (κ3) is 29.0. The second kappa shape index (κ2) is 48.9. The van der Waals surface area contributed by atoms with E-state index in [-0.39, 0.29) is 122 Å². The number of aromatic nitrogens is 6. The monoisotopic (exact) mass is 2140 g/mol. The number of aryl methyl sites for hydroxylation is 4. The molecule has 772 valence electrons. The molecule has 0 bridgehead atoms. The van der Waals surface area contributed by atoms with Gasteiger partial charge < -0.3 is 72.4 Å². The number of sulfone groups is 4. The molecule has 2 aliphatic rings. The predicted molar refractivity (Wildman–Crippen MR) is 553 cm³/mol. The topological polar surface area (TPSA) is 547 Å². The lowest BCUT2D eigenvalue weighted by Gasteiger charge is -2.39. The number of hydrogen-bond acceptors (Lipinski definition) is 27. The van der Waals surface area contributed by atoms with E-state index >= 15 is 0 Å². The van der Waals surface area contributed by atoms with Gasteiger partial charge in [-0.1, -0.05) is 135 Å². The normalized spacial score (nSPS) is 14.3. The number of ether oxygens (including phenoxy) is 2. The zero-order chi connectivity index (χ0) is 107. The van der Waals surface area contributed by atoms with Crippen LogP contribution >= 0.6 is 46.4 Å². The number of anilines is 8. The maximum atomic E-state index is 14.0. The molecule has 4 heterocycles. The summed E-state index contributed by atoms with van der Waals surface area (Å²) in [6.07, 6.45) is 19.6. The number of amides is 8. The maximum Gasteiger partial charge on any atom is 0.341 e. The van der Waals surface area contributed by atoms with Crippen molar-refractivity contribution in [2.24, 2.45) is 11.3 Å². The molecule has 0 radical (unpaired) electrons. The second-order valence-electron chi connectivity index (χ2n) is 35.0. The van der Waals surface area contributed by atoms with Gasteiger partial charge in [-0.2, -0.15) is 10.2 Å². The van der Waals surface area contributed by atoms with Gasteiger partial charge >= 0.3 is 5.97 Å². The summed E-state index contributed by atoms with van der Waals surface area (Å²) in [5.74, 6) is -5.86. The van der Waals surface area contributed by atoms with E-state index in [1.54, 1.807) is 82.3 Å². The third-order valence-corrected chi connectivity index (χ3v) is 33.7. The summed E-state index contributed by atoms with van der Waals surface area (Å²) in [6, 6.07) is 34.9. The van der Waals surface area contributed by atoms with Gasteiger partial charge in [0.25, 0.3) is 0 Å². The van der Waals surface area contributed by atoms with Gasteiger partial charge in [-0.05, 0) is 184 Å². The van der Waals surface area contributed by atoms with Crippen molar-refractivity contribution in [1.82, 2.24) is 29.5 Å². The first-order valence-corrected chi connectivity index (χ1v) is 53.4. The number of phenols is 4. The van der Waals surface area contributed by atoms with E-state index in [2.05, 4.69) is 67.4 Å². The first-order chi connectivity index (χ1) is 68.2. The van der Waals surface area contributed by atoms with Crippen molar-refractivity contribution in [2.45, 2.75) is 212 Å². The lowest BCUT2D eigenvalue weighted by Crippen LogP contribution is -2.40. The summed E-state index contributed by atoms with van der Waals surface area (Å²) in [4.78, 5) is 120. The molecule has 8 amide bonds. The van der Waals surface area contributed by atoms with Crippen LogP contribution in [-0.4, -0.2) is 170 Å². The number of benzene rings is 7. The van der Waals surface area contributed by atoms with Crippen LogP contribution in [0.15, 0.2) is 202 Å². The summed E-state index contributed by atoms with van der Waals surface area (Å²) in [5, 5.41) is 65.7. The van der Waals surface area contributed by atoms with Crippen LogP contribution in [0.2, 0.25) is 15.1 Å². The average Bonchev–Trinajstić information content (AvgIpc) is 1.76. The Morgan fingerprint density at radius 3 is 1.32 bits per heavy atom. The number of carbonyl (C=O) groups excluding carboxylic acids is 9. The van der Waals surface area contributed by atoms with Crippen molar-refractivity contribution in [2.75, 3.05) is 49.6 Å². The molecule has 2 saturated carbocycles. The number of aromatic hydroxyl groups is 4. The number of rotatable bonds is 31. The van der Waals surface area contributed by atoms with Crippen LogP contribution in [-0.2, 0) is 82.4 Å². The Balaban J connectivity index is 0.000000201. The molecule has 45 heteroatoms. The van der Waals surface area contributed by atoms with Gasteiger partial charge in [0.2, 0.25) is 47.3 Å². The largest absolute Gasteiger partial charge is 0.506 e. The van der Waals surface area contributed by atoms with Crippen molar-refractivity contribution in [3.8, 4) is 45.9 Å². The highest BCUT2D eigenvalue weighted by molar-refractivity contribution is 7.93. The van der Waals surface area contributed by atoms with E-state index in [0.29, 0.717) is 39.5 Å². The van der Waals surface area contributed by atoms with Crippen molar-refractivity contribution in [1.29, 1.82) is 0 Å². The first-order valence-electron chi connectivity index (χ1n) is 45.7. The Kier molecular flexibility index (Phi) is 38.2. The highest BCUT2D eigenvalue weighted by Gasteiger charge is 2.43. The molecule has 2 aliphatic carbocycles. The predicted octanol–water partition coefficient (Wildman–Crippen LogP) is 18.2. The van der Waals surface area contributed by atoms with Gasteiger partial charge in [-0.3, -0.25) is 48.3 Å². The number of halogens is 4. The Labute approximate surface area is 859 Å². The van der Waals surface area contributed by atoms with Crippen LogP contribution in [0.4, 0.5) is 45.5 Å². The molecule has 4 aromatic heterocycles. The van der Waals surface area contributed by atoms with Crippen molar-refractivity contribution in [3.05, 3.63) is 226 Å². The van der Waals surface area contributed by atoms with Gasteiger partial charge in [-0.25, -0.2) is 47.8 Å². The molecule has 13 rings (SSSR count). The fourth-order valence-corrected chi connectivity index (χ4v) is 21.2. The fraction of sp³-hybridized carbons (Fsp3) is 0.330. The maximum absolute atomic E-state index is 14.0. The summed E-state index contributed by atoms with van der Waals surface area (Å²) in [6.45, 7) is 18.3. The van der Waals surface area contributed by atoms with Crippen molar-refractivity contribution >= 4 is 184 Å². The van der Waals surface area contributed by atoms with E-state index in [1.807, 2.05) is 13.8 Å². The first kappa shape index (κ1) is 113. The molecule has 0 saturated heterocycles. The molecule has 145 heavy (non-hydrogen) atoms. The van der Waals surface area contributed by atoms with Crippen LogP contribution in [0.25, 0.3) is 11.4 Å². The number of esters is 1. The van der Waals surface area contributed by atoms with Crippen LogP contribution in [0, 0.1) is 39.0 Å². The Hall–Kier alpha value is -13.6. The third-order valence-electron chi connectivity index (χ3n) is 24.2. The molecule has 2 fully saturated rings. The highest BCUT2D eigenvalue weighted by atomic mass is 35.5. The summed E-state index contributed by atoms with van der Waals surface area (Å²) < 4.78 is 117. The SMILES string of the molecule is CC(=O)Nc1cc(-n2cc(Cl)cn2)c(NC(=O)C(C)S(=O)(=O)c2ccc(C)cc2)cc1O.CCC(C(=O)Nc1cc(O)c(NC(=O)C(C)(Cl)CC)cc1Cl)S(=O)(=O)c1ccc(C)cc1.COC(=O)c1cnn(-c2cc(NC(C)=O)c(O)cc2NC(=O)C(C)S(=O)(=O)c2ccc(C)nc2)c1.Cc1ccc(S(=O)(=O)C(C)C(=O)Nc2cc(O)c(NC(=O)C3(CC4CCCCC4)CCCCC3)cc2Oc2ccc(Cl)cc2)cn1. The number of nitrogens with zero attached hydrogens (tertiary/aromatic N) is 6. The van der Waals surface area contributed by atoms with Gasteiger partial charge in [0.15, 0.2) is 45.1 Å². The van der Waals surface area contributed by atoms with Crippen LogP contribution in [0.1, 0.15) is 172 Å². The van der Waals surface area contributed by atoms with Crippen molar-refractivity contribution in [3.63, 3.8) is 0 Å². The molecule has 11 aromatic rings. The molecule has 12 N–H and O–H groups in total. The van der Waals surface area contributed by atoms with E-state index in [0.717, 1.165) is 74.6 Å². The lowest BCUT2D eigenvalue weighted by molar-refractivity contribution is -0.129. The van der Waals surface area contributed by atoms with E-state index in [1.165, 1.54) is 193 Å². The Bertz CT molecular complexity index is 7130. The summed E-state index contributed by atoms with van der Waals surface area (Å²) in [7, 11) is -14.8. The number of nitrogens with one attached hydrogen (secondary N) is 8. The molecular formula is C100H112Cl4N14O23S4. The van der Waals surface area contributed by atoms with E-state index in [9.17, 15) is 97.2 Å². The van der Waals surface area contributed by atoms with Crippen LogP contribution in [0.3, 0.4) is 0 Å². The lowest BCUT2D eigenvalue weighted by atomic mass is 9.66. The summed E-state index contributed by atoms with van der Waals surface area (Å²) in [5.41, 5.74) is 3.37. The number of pyridine rings is 2. The quantitative estimate of drug-likeness (QED) is 0.0109. The molecule has 37 nitrogen and oxygen atoms in total. The van der Waals surface area contributed by atoms with E-state index < -0.39 is 124 Å². The second-order valence-corrected chi connectivity index (χ2v) is 46.1. The van der Waals surface area contributed by atoms with Crippen LogP contribution in [0.5, 0.6) is 34.5 Å².